The van der Waals surface area contributed by atoms with Gasteiger partial charge in [-0.25, -0.2) is 14.5 Å². The number of carbonyl (C=O) groups is 1. The molecule has 3 aromatic rings. The summed E-state index contributed by atoms with van der Waals surface area (Å²) in [6.07, 6.45) is 1.53. The van der Waals surface area contributed by atoms with Crippen molar-refractivity contribution in [1.82, 2.24) is 14.5 Å². The van der Waals surface area contributed by atoms with Gasteiger partial charge < -0.3 is 10.3 Å². The molecule has 0 bridgehead atoms. The summed E-state index contributed by atoms with van der Waals surface area (Å²) < 4.78 is 2.38. The number of carboxylic acids is 1. The van der Waals surface area contributed by atoms with Gasteiger partial charge in [-0.05, 0) is 66.6 Å². The van der Waals surface area contributed by atoms with Crippen LogP contribution in [-0.4, -0.2) is 30.8 Å². The fourth-order valence-corrected chi connectivity index (χ4v) is 4.09. The van der Waals surface area contributed by atoms with Gasteiger partial charge in [0.2, 0.25) is 0 Å². The molecule has 0 fully saturated rings. The van der Waals surface area contributed by atoms with Crippen molar-refractivity contribution in [3.05, 3.63) is 112 Å². The van der Waals surface area contributed by atoms with Crippen molar-refractivity contribution in [1.29, 1.82) is 0 Å². The van der Waals surface area contributed by atoms with Gasteiger partial charge in [0.05, 0.1) is 22.3 Å². The molecule has 0 unspecified atom stereocenters. The number of hydrogen-bond acceptors (Lipinski definition) is 5. The molecule has 178 valence electrons. The van der Waals surface area contributed by atoms with E-state index in [0.717, 1.165) is 21.4 Å². The second-order valence-corrected chi connectivity index (χ2v) is 8.18. The number of hydrogen-bond donors (Lipinski definition) is 2. The minimum absolute atomic E-state index is 0.205. The zero-order chi connectivity index (χ0) is 25.2. The number of benzene rings is 3. The summed E-state index contributed by atoms with van der Waals surface area (Å²) >= 11 is 0. The van der Waals surface area contributed by atoms with E-state index < -0.39 is 5.97 Å². The van der Waals surface area contributed by atoms with E-state index in [1.165, 1.54) is 10.9 Å². The third-order valence-electron chi connectivity index (χ3n) is 5.89. The highest BCUT2D eigenvalue weighted by molar-refractivity contribution is 5.89. The van der Waals surface area contributed by atoms with Crippen molar-refractivity contribution < 1.29 is 15.1 Å². The number of fused-ring (bicyclic) bond motifs is 1. The van der Waals surface area contributed by atoms with Crippen LogP contribution in [0, 0.1) is 0 Å². The topological polar surface area (TPSA) is 110 Å². The van der Waals surface area contributed by atoms with E-state index in [1.807, 2.05) is 43.3 Å². The van der Waals surface area contributed by atoms with E-state index in [9.17, 15) is 19.9 Å². The van der Waals surface area contributed by atoms with Gasteiger partial charge in [0.15, 0.2) is 0 Å². The second kappa shape index (κ2) is 9.34. The summed E-state index contributed by atoms with van der Waals surface area (Å²) in [7, 11) is 0. The Hall–Kier alpha value is -4.98. The Morgan fingerprint density at radius 3 is 2.42 bits per heavy atom. The van der Waals surface area contributed by atoms with Crippen LogP contribution in [0.15, 0.2) is 101 Å². The number of aromatic carboxylic acids is 1. The van der Waals surface area contributed by atoms with Gasteiger partial charge in [-0.1, -0.05) is 36.4 Å². The molecule has 0 amide bonds. The minimum Gasteiger partial charge on any atom is -0.478 e. The van der Waals surface area contributed by atoms with E-state index in [2.05, 4.69) is 10.1 Å². The van der Waals surface area contributed by atoms with Crippen molar-refractivity contribution in [2.45, 2.75) is 13.5 Å². The van der Waals surface area contributed by atoms with Crippen LogP contribution in [0.25, 0.3) is 33.6 Å². The second-order valence-electron chi connectivity index (χ2n) is 8.18. The molecule has 1 aromatic heterocycles. The van der Waals surface area contributed by atoms with Gasteiger partial charge in [-0.2, -0.15) is 9.83 Å². The van der Waals surface area contributed by atoms with E-state index in [1.54, 1.807) is 48.5 Å². The maximum absolute atomic E-state index is 13.1. The van der Waals surface area contributed by atoms with Crippen molar-refractivity contribution in [3.63, 3.8) is 0 Å². The summed E-state index contributed by atoms with van der Waals surface area (Å²) in [5, 5.41) is 24.5. The molecule has 2 aliphatic rings. The largest absolute Gasteiger partial charge is 0.478 e. The first kappa shape index (κ1) is 22.8. The molecule has 1 aliphatic heterocycles. The highest BCUT2D eigenvalue weighted by Gasteiger charge is 2.12. The van der Waals surface area contributed by atoms with Gasteiger partial charge in [-0.3, -0.25) is 4.79 Å². The molecule has 36 heavy (non-hydrogen) atoms. The Balaban J connectivity index is 1.65. The molecule has 2 aromatic carbocycles. The first-order valence-corrected chi connectivity index (χ1v) is 11.4. The predicted molar refractivity (Wildman–Crippen MR) is 135 cm³/mol. The lowest BCUT2D eigenvalue weighted by molar-refractivity contribution is 0.0697. The average molecular weight is 479 g/mol. The summed E-state index contributed by atoms with van der Waals surface area (Å²) in [6.45, 7) is 2.20. The molecule has 2 heterocycles. The van der Waals surface area contributed by atoms with Gasteiger partial charge in [0.25, 0.3) is 5.56 Å². The number of pyridine rings is 1. The van der Waals surface area contributed by atoms with E-state index in [4.69, 9.17) is 0 Å². The fraction of sp³-hybridized carbons (Fsp3) is 0.0714. The first-order valence-electron chi connectivity index (χ1n) is 11.4. The molecule has 5 rings (SSSR count). The lowest BCUT2D eigenvalue weighted by atomic mass is 10.00. The standard InChI is InChI=1S/C28H22N4O4/c1-2-31-27(33)25(29-23-12-5-13-26-22(23)11-6-14-32(26)36)17-24(30-31)20-9-3-7-18(15-20)19-8-4-10-21(16-19)28(34)35/h3-17,36H,2H2,1H3,(H,34,35). The molecule has 0 saturated carbocycles. The highest BCUT2D eigenvalue weighted by atomic mass is 16.5. The van der Waals surface area contributed by atoms with Crippen LogP contribution in [-0.2, 0) is 6.54 Å². The third kappa shape index (κ3) is 4.27. The maximum Gasteiger partial charge on any atom is 0.335 e. The molecule has 0 radical (unpaired) electrons. The van der Waals surface area contributed by atoms with Crippen LogP contribution in [0.3, 0.4) is 0 Å². The van der Waals surface area contributed by atoms with Crippen LogP contribution in [0.1, 0.15) is 17.3 Å². The van der Waals surface area contributed by atoms with Crippen molar-refractivity contribution in [2.75, 3.05) is 0 Å². The molecule has 0 saturated heterocycles. The number of aryl methyl sites for hydroxylation is 1. The van der Waals surface area contributed by atoms with E-state index in [0.29, 0.717) is 28.9 Å². The lowest BCUT2D eigenvalue weighted by Crippen LogP contribution is -2.23. The van der Waals surface area contributed by atoms with E-state index in [-0.39, 0.29) is 16.8 Å². The average Bonchev–Trinajstić information content (AvgIpc) is 2.90. The predicted octanol–water partition coefficient (Wildman–Crippen LogP) is 4.67. The Labute approximate surface area is 206 Å². The van der Waals surface area contributed by atoms with Crippen molar-refractivity contribution in [2.24, 2.45) is 4.99 Å². The smallest absolute Gasteiger partial charge is 0.335 e. The monoisotopic (exact) mass is 478 g/mol. The molecule has 2 N–H and O–H groups in total. The Bertz CT molecular complexity index is 1700. The summed E-state index contributed by atoms with van der Waals surface area (Å²) in [4.78, 5) is 29.1. The lowest BCUT2D eigenvalue weighted by Gasteiger charge is -2.11. The normalized spacial score (nSPS) is 11.6. The van der Waals surface area contributed by atoms with Gasteiger partial charge in [0, 0.05) is 23.9 Å². The number of aromatic nitrogens is 3. The number of carboxylic acid groups (broad SMARTS) is 1. The number of nitrogens with zero attached hydrogens (tertiary/aromatic N) is 4. The zero-order valence-corrected chi connectivity index (χ0v) is 19.4. The molecule has 0 atom stereocenters. The Kier molecular flexibility index (Phi) is 5.92. The SMILES string of the molecule is CCn1nc(-c2cccc(-c3cccc(C(=O)O)c3)c2)cc(N=c2cccc3n(O)cccc2-3)c1=O. The Morgan fingerprint density at radius 1 is 0.917 bits per heavy atom. The summed E-state index contributed by atoms with van der Waals surface area (Å²) in [5.41, 5.74) is 4.28. The van der Waals surface area contributed by atoms with Crippen LogP contribution >= 0.6 is 0 Å². The van der Waals surface area contributed by atoms with Gasteiger partial charge >= 0.3 is 5.97 Å². The zero-order valence-electron chi connectivity index (χ0n) is 19.4. The quantitative estimate of drug-likeness (QED) is 0.357. The summed E-state index contributed by atoms with van der Waals surface area (Å²) in [5.74, 6) is -0.990. The molecular formula is C28H22N4O4. The molecule has 1 aliphatic carbocycles. The Morgan fingerprint density at radius 2 is 1.64 bits per heavy atom. The van der Waals surface area contributed by atoms with Crippen LogP contribution < -0.4 is 10.9 Å². The van der Waals surface area contributed by atoms with Gasteiger partial charge in [0.1, 0.15) is 5.69 Å². The molecular weight excluding hydrogens is 456 g/mol. The van der Waals surface area contributed by atoms with Crippen LogP contribution in [0.5, 0.6) is 0 Å². The highest BCUT2D eigenvalue weighted by Crippen LogP contribution is 2.27. The van der Waals surface area contributed by atoms with Gasteiger partial charge in [-0.15, -0.1) is 0 Å². The molecule has 8 heteroatoms. The minimum atomic E-state index is -0.990. The van der Waals surface area contributed by atoms with Crippen molar-refractivity contribution in [3.8, 4) is 33.6 Å². The molecule has 8 nitrogen and oxygen atoms in total. The van der Waals surface area contributed by atoms with Crippen LogP contribution in [0.2, 0.25) is 0 Å². The van der Waals surface area contributed by atoms with Crippen LogP contribution in [0.4, 0.5) is 5.69 Å². The molecule has 0 spiro atoms. The van der Waals surface area contributed by atoms with E-state index >= 15 is 0 Å². The summed E-state index contributed by atoms with van der Waals surface area (Å²) in [6, 6.07) is 24.8. The maximum atomic E-state index is 13.1. The number of rotatable bonds is 5. The third-order valence-corrected chi connectivity index (χ3v) is 5.89. The fourth-order valence-electron chi connectivity index (χ4n) is 4.09. The first-order chi connectivity index (χ1) is 17.4. The van der Waals surface area contributed by atoms with Crippen molar-refractivity contribution >= 4 is 11.7 Å².